The monoisotopic (exact) mass is 561 g/mol. The fraction of sp³-hybridized carbons (Fsp3) is 0.538. The standard InChI is InChI=1S/C26H39N7O7/c1-12(2)20(24(37)31-18-11-16(26(39)40)8-9-17(18)28)32-23(36)19-7-6-10-33(19)25(38)15(5)30-22(35)14(4)29-21(34)13(3)27/h8-9,11-15,19-20H,6-7,10,27-28H2,1-5H3,(H,29,34)(H,30,35)(H,31,37)(H,32,36)(H,39,40). The molecule has 0 spiro atoms. The molecule has 1 aliphatic heterocycles. The molecule has 1 heterocycles. The quantitative estimate of drug-likeness (QED) is 0.171. The summed E-state index contributed by atoms with van der Waals surface area (Å²) >= 11 is 0. The molecule has 1 aliphatic rings. The van der Waals surface area contributed by atoms with E-state index in [2.05, 4.69) is 21.3 Å². The molecule has 1 fully saturated rings. The zero-order valence-corrected chi connectivity index (χ0v) is 23.3. The average molecular weight is 562 g/mol. The van der Waals surface area contributed by atoms with Crippen LogP contribution in [0.3, 0.4) is 0 Å². The fourth-order valence-corrected chi connectivity index (χ4v) is 4.15. The number of aromatic carboxylic acids is 1. The van der Waals surface area contributed by atoms with E-state index in [1.165, 1.54) is 43.9 Å². The fourth-order valence-electron chi connectivity index (χ4n) is 4.15. The van der Waals surface area contributed by atoms with Crippen molar-refractivity contribution >= 4 is 46.9 Å². The third-order valence-electron chi connectivity index (χ3n) is 6.54. The van der Waals surface area contributed by atoms with Crippen molar-refractivity contribution in [1.29, 1.82) is 0 Å². The summed E-state index contributed by atoms with van der Waals surface area (Å²) in [5, 5.41) is 19.5. The maximum absolute atomic E-state index is 13.2. The van der Waals surface area contributed by atoms with E-state index in [4.69, 9.17) is 11.5 Å². The maximum atomic E-state index is 13.2. The van der Waals surface area contributed by atoms with Gasteiger partial charge in [0, 0.05) is 6.54 Å². The minimum absolute atomic E-state index is 0.0679. The Balaban J connectivity index is 2.07. The first-order valence-corrected chi connectivity index (χ1v) is 13.0. The molecule has 1 aromatic rings. The van der Waals surface area contributed by atoms with Gasteiger partial charge in [-0.3, -0.25) is 24.0 Å². The van der Waals surface area contributed by atoms with E-state index in [-0.39, 0.29) is 29.4 Å². The lowest BCUT2D eigenvalue weighted by molar-refractivity contribution is -0.142. The van der Waals surface area contributed by atoms with E-state index in [9.17, 15) is 33.9 Å². The molecule has 14 nitrogen and oxygen atoms in total. The van der Waals surface area contributed by atoms with Crippen molar-refractivity contribution in [1.82, 2.24) is 20.9 Å². The lowest BCUT2D eigenvalue weighted by atomic mass is 10.0. The molecule has 0 bridgehead atoms. The molecule has 220 valence electrons. The van der Waals surface area contributed by atoms with Crippen LogP contribution in [-0.2, 0) is 24.0 Å². The number of benzene rings is 1. The van der Waals surface area contributed by atoms with Crippen LogP contribution in [0.4, 0.5) is 11.4 Å². The molecular weight excluding hydrogens is 522 g/mol. The number of carboxylic acids is 1. The lowest BCUT2D eigenvalue weighted by Gasteiger charge is -2.30. The van der Waals surface area contributed by atoms with Gasteiger partial charge in [0.05, 0.1) is 23.0 Å². The molecule has 5 amide bonds. The molecule has 2 rings (SSSR count). The van der Waals surface area contributed by atoms with Crippen molar-refractivity contribution in [3.63, 3.8) is 0 Å². The molecule has 0 aliphatic carbocycles. The van der Waals surface area contributed by atoms with Gasteiger partial charge in [-0.2, -0.15) is 0 Å². The van der Waals surface area contributed by atoms with Crippen LogP contribution in [0.25, 0.3) is 0 Å². The summed E-state index contributed by atoms with van der Waals surface area (Å²) in [4.78, 5) is 76.3. The Hall–Kier alpha value is -4.20. The Labute approximate surface area is 232 Å². The van der Waals surface area contributed by atoms with Gasteiger partial charge in [0.25, 0.3) is 0 Å². The van der Waals surface area contributed by atoms with Crippen molar-refractivity contribution in [3.8, 4) is 0 Å². The Morgan fingerprint density at radius 3 is 2.12 bits per heavy atom. The SMILES string of the molecule is CC(N)C(=O)NC(C)C(=O)NC(C)C(=O)N1CCCC1C(=O)NC(C(=O)Nc1cc(C(=O)O)ccc1N)C(C)C. The number of nitrogen functional groups attached to an aromatic ring is 1. The van der Waals surface area contributed by atoms with Gasteiger partial charge >= 0.3 is 5.97 Å². The van der Waals surface area contributed by atoms with Crippen LogP contribution >= 0.6 is 0 Å². The zero-order valence-electron chi connectivity index (χ0n) is 23.3. The molecule has 1 aromatic carbocycles. The Kier molecular flexibility index (Phi) is 11.0. The summed E-state index contributed by atoms with van der Waals surface area (Å²) in [5.74, 6) is -4.27. The van der Waals surface area contributed by atoms with Gasteiger partial charge in [-0.1, -0.05) is 13.8 Å². The second-order valence-electron chi connectivity index (χ2n) is 10.3. The van der Waals surface area contributed by atoms with Crippen LogP contribution in [-0.4, -0.2) is 82.3 Å². The number of amides is 5. The van der Waals surface area contributed by atoms with E-state index in [0.717, 1.165) is 0 Å². The first-order chi connectivity index (χ1) is 18.6. The molecule has 5 unspecified atom stereocenters. The van der Waals surface area contributed by atoms with Crippen LogP contribution < -0.4 is 32.7 Å². The van der Waals surface area contributed by atoms with Gasteiger partial charge in [-0.15, -0.1) is 0 Å². The highest BCUT2D eigenvalue weighted by Gasteiger charge is 2.38. The van der Waals surface area contributed by atoms with Crippen molar-refractivity contribution in [3.05, 3.63) is 23.8 Å². The van der Waals surface area contributed by atoms with Gasteiger partial charge < -0.3 is 42.7 Å². The summed E-state index contributed by atoms with van der Waals surface area (Å²) < 4.78 is 0. The van der Waals surface area contributed by atoms with Crippen molar-refractivity contribution in [2.45, 2.75) is 77.7 Å². The Bertz CT molecular complexity index is 1150. The number of rotatable bonds is 11. The second-order valence-corrected chi connectivity index (χ2v) is 10.3. The number of carboxylic acid groups (broad SMARTS) is 1. The number of nitrogens with two attached hydrogens (primary N) is 2. The Morgan fingerprint density at radius 2 is 1.55 bits per heavy atom. The molecule has 9 N–H and O–H groups in total. The maximum Gasteiger partial charge on any atom is 0.335 e. The molecule has 14 heteroatoms. The van der Waals surface area contributed by atoms with Crippen molar-refractivity contribution < 1.29 is 33.9 Å². The van der Waals surface area contributed by atoms with Crippen LogP contribution in [0.15, 0.2) is 18.2 Å². The molecule has 0 saturated carbocycles. The molecule has 5 atom stereocenters. The largest absolute Gasteiger partial charge is 0.478 e. The van der Waals surface area contributed by atoms with Gasteiger partial charge in [-0.05, 0) is 57.7 Å². The first kappa shape index (κ1) is 32.0. The number of anilines is 2. The van der Waals surface area contributed by atoms with Gasteiger partial charge in [0.15, 0.2) is 0 Å². The topological polar surface area (TPSA) is 226 Å². The van der Waals surface area contributed by atoms with Gasteiger partial charge in [0.2, 0.25) is 29.5 Å². The summed E-state index contributed by atoms with van der Waals surface area (Å²) in [7, 11) is 0. The number of hydrogen-bond acceptors (Lipinski definition) is 8. The number of hydrogen-bond donors (Lipinski definition) is 7. The highest BCUT2D eigenvalue weighted by atomic mass is 16.4. The number of carbonyl (C=O) groups excluding carboxylic acids is 5. The summed E-state index contributed by atoms with van der Waals surface area (Å²) in [6.45, 7) is 8.15. The molecule has 0 radical (unpaired) electrons. The minimum atomic E-state index is -1.19. The van der Waals surface area contributed by atoms with Crippen LogP contribution in [0.2, 0.25) is 0 Å². The van der Waals surface area contributed by atoms with E-state index in [0.29, 0.717) is 12.8 Å². The van der Waals surface area contributed by atoms with E-state index >= 15 is 0 Å². The third kappa shape index (κ3) is 8.15. The number of likely N-dealkylation sites (tertiary alicyclic amines) is 1. The van der Waals surface area contributed by atoms with E-state index in [1.54, 1.807) is 13.8 Å². The third-order valence-corrected chi connectivity index (χ3v) is 6.54. The minimum Gasteiger partial charge on any atom is -0.478 e. The molecule has 0 aromatic heterocycles. The van der Waals surface area contributed by atoms with Crippen LogP contribution in [0.5, 0.6) is 0 Å². The Morgan fingerprint density at radius 1 is 0.925 bits per heavy atom. The van der Waals surface area contributed by atoms with Crippen molar-refractivity contribution in [2.75, 3.05) is 17.6 Å². The number of carbonyl (C=O) groups is 6. The number of nitrogens with one attached hydrogen (secondary N) is 4. The summed E-state index contributed by atoms with van der Waals surface area (Å²) in [6, 6.07) is -0.696. The number of nitrogens with zero attached hydrogens (tertiary/aromatic N) is 1. The molecular formula is C26H39N7O7. The summed E-state index contributed by atoms with van der Waals surface area (Å²) in [6.07, 6.45) is 0.904. The lowest BCUT2D eigenvalue weighted by Crippen LogP contribution is -2.57. The van der Waals surface area contributed by atoms with Gasteiger partial charge in [0.1, 0.15) is 24.2 Å². The van der Waals surface area contributed by atoms with E-state index in [1.807, 2.05) is 0 Å². The van der Waals surface area contributed by atoms with Crippen molar-refractivity contribution in [2.24, 2.45) is 11.7 Å². The predicted octanol–water partition coefficient (Wildman–Crippen LogP) is -0.606. The summed E-state index contributed by atoms with van der Waals surface area (Å²) in [5.41, 5.74) is 11.6. The molecule has 40 heavy (non-hydrogen) atoms. The van der Waals surface area contributed by atoms with E-state index < -0.39 is 65.7 Å². The second kappa shape index (κ2) is 13.7. The normalized spacial score (nSPS) is 17.8. The molecule has 1 saturated heterocycles. The highest BCUT2D eigenvalue weighted by molar-refractivity contribution is 6.02. The van der Waals surface area contributed by atoms with Gasteiger partial charge in [-0.25, -0.2) is 4.79 Å². The van der Waals surface area contributed by atoms with Crippen LogP contribution in [0, 0.1) is 5.92 Å². The first-order valence-electron chi connectivity index (χ1n) is 13.0. The van der Waals surface area contributed by atoms with Crippen LogP contribution in [0.1, 0.15) is 57.8 Å². The smallest absolute Gasteiger partial charge is 0.335 e. The zero-order chi connectivity index (χ0) is 30.3. The highest BCUT2D eigenvalue weighted by Crippen LogP contribution is 2.22. The predicted molar refractivity (Wildman–Crippen MR) is 147 cm³/mol. The average Bonchev–Trinajstić information content (AvgIpc) is 3.37.